The van der Waals surface area contributed by atoms with E-state index in [2.05, 4.69) is 16.8 Å². The molecule has 0 atom stereocenters. The first-order valence-corrected chi connectivity index (χ1v) is 7.52. The molecule has 0 radical (unpaired) electrons. The number of rotatable bonds is 4. The quantitative estimate of drug-likeness (QED) is 0.849. The first-order chi connectivity index (χ1) is 9.60. The summed E-state index contributed by atoms with van der Waals surface area (Å²) in [7, 11) is 1.76. The minimum Gasteiger partial charge on any atom is -0.300 e. The highest BCUT2D eigenvalue weighted by molar-refractivity contribution is 5.89. The van der Waals surface area contributed by atoms with Crippen LogP contribution < -0.4 is 4.90 Å². The number of anilines is 1. The van der Waals surface area contributed by atoms with Crippen LogP contribution in [0.4, 0.5) is 5.82 Å². The van der Waals surface area contributed by atoms with Crippen molar-refractivity contribution in [2.45, 2.75) is 40.7 Å². The van der Waals surface area contributed by atoms with Crippen molar-refractivity contribution in [2.24, 2.45) is 5.92 Å². The predicted molar refractivity (Wildman–Crippen MR) is 83.7 cm³/mol. The van der Waals surface area contributed by atoms with Gasteiger partial charge < -0.3 is 4.90 Å². The first-order valence-electron chi connectivity index (χ1n) is 7.52. The number of pyridine rings is 1. The van der Waals surface area contributed by atoms with Crippen molar-refractivity contribution in [3.05, 3.63) is 23.9 Å². The van der Waals surface area contributed by atoms with Gasteiger partial charge in [-0.1, -0.05) is 33.3 Å². The van der Waals surface area contributed by atoms with Crippen LogP contribution in [0.3, 0.4) is 0 Å². The van der Waals surface area contributed by atoms with E-state index < -0.39 is 0 Å². The summed E-state index contributed by atoms with van der Waals surface area (Å²) in [6.07, 6.45) is 1.26. The molecule has 0 unspecified atom stereocenters. The average molecular weight is 277 g/mol. The Morgan fingerprint density at radius 1 is 1.40 bits per heavy atom. The van der Waals surface area contributed by atoms with Crippen molar-refractivity contribution in [3.63, 3.8) is 0 Å². The molecule has 0 aliphatic carbocycles. The highest BCUT2D eigenvalue weighted by Gasteiger charge is 2.25. The summed E-state index contributed by atoms with van der Waals surface area (Å²) in [4.78, 5) is 19.8. The Morgan fingerprint density at radius 2 is 2.05 bits per heavy atom. The van der Waals surface area contributed by atoms with Crippen LogP contribution in [0.2, 0.25) is 0 Å². The minimum atomic E-state index is 0.00893. The number of hydrogen-bond donors (Lipinski definition) is 0. The van der Waals surface area contributed by atoms with Crippen LogP contribution in [-0.4, -0.2) is 35.9 Å². The van der Waals surface area contributed by atoms with Gasteiger partial charge in [0.25, 0.3) is 0 Å². The Labute approximate surface area is 122 Å². The van der Waals surface area contributed by atoms with Gasteiger partial charge in [0.05, 0.1) is 5.69 Å². The van der Waals surface area contributed by atoms with Crippen LogP contribution in [0.5, 0.6) is 0 Å². The summed E-state index contributed by atoms with van der Waals surface area (Å²) in [5.74, 6) is 1.59. The number of likely N-dealkylation sites (tertiary alicyclic amines) is 1. The number of carbonyl (C=O) groups excluding carboxylic acids is 1. The van der Waals surface area contributed by atoms with E-state index in [1.54, 1.807) is 18.9 Å². The zero-order chi connectivity index (χ0) is 15.1. The molecule has 1 aromatic heterocycles. The summed E-state index contributed by atoms with van der Waals surface area (Å²) in [5, 5.41) is 0. The normalized spacial score (nSPS) is 15.1. The van der Waals surface area contributed by atoms with Gasteiger partial charge in [0.1, 0.15) is 5.82 Å². The van der Waals surface area contributed by atoms with Gasteiger partial charge in [-0.05, 0) is 18.1 Å². The molecule has 0 saturated carbocycles. The molecule has 2 heterocycles. The SMILES string of the molecule is CC.CCC1CN(Cc2cccc(N(C)C(C)=O)n2)C1. The second-order valence-electron chi connectivity index (χ2n) is 5.03. The highest BCUT2D eigenvalue weighted by atomic mass is 16.2. The Balaban J connectivity index is 0.000000956. The van der Waals surface area contributed by atoms with E-state index in [9.17, 15) is 4.79 Å². The maximum Gasteiger partial charge on any atom is 0.224 e. The Morgan fingerprint density at radius 3 is 2.60 bits per heavy atom. The Kier molecular flexibility index (Phi) is 6.65. The van der Waals surface area contributed by atoms with Crippen molar-refractivity contribution in [1.82, 2.24) is 9.88 Å². The number of amides is 1. The van der Waals surface area contributed by atoms with Gasteiger partial charge in [0, 0.05) is 33.6 Å². The lowest BCUT2D eigenvalue weighted by molar-refractivity contribution is -0.116. The summed E-state index contributed by atoms with van der Waals surface area (Å²) in [5.41, 5.74) is 1.04. The number of hydrogen-bond acceptors (Lipinski definition) is 3. The summed E-state index contributed by atoms with van der Waals surface area (Å²) < 4.78 is 0. The molecule has 1 saturated heterocycles. The monoisotopic (exact) mass is 277 g/mol. The van der Waals surface area contributed by atoms with E-state index in [0.29, 0.717) is 0 Å². The molecular weight excluding hydrogens is 250 g/mol. The first kappa shape index (κ1) is 16.6. The van der Waals surface area contributed by atoms with Gasteiger partial charge in [-0.2, -0.15) is 0 Å². The average Bonchev–Trinajstić information content (AvgIpc) is 2.44. The zero-order valence-electron chi connectivity index (χ0n) is 13.4. The van der Waals surface area contributed by atoms with E-state index in [-0.39, 0.29) is 5.91 Å². The fraction of sp³-hybridized carbons (Fsp3) is 0.625. The lowest BCUT2D eigenvalue weighted by atomic mass is 9.97. The molecule has 1 amide bonds. The van der Waals surface area contributed by atoms with Crippen LogP contribution in [0.15, 0.2) is 18.2 Å². The lowest BCUT2D eigenvalue weighted by Crippen LogP contribution is -2.45. The molecule has 20 heavy (non-hydrogen) atoms. The molecule has 1 fully saturated rings. The molecule has 112 valence electrons. The van der Waals surface area contributed by atoms with Crippen molar-refractivity contribution in [1.29, 1.82) is 0 Å². The fourth-order valence-corrected chi connectivity index (χ4v) is 2.20. The van der Waals surface area contributed by atoms with Crippen LogP contribution >= 0.6 is 0 Å². The largest absolute Gasteiger partial charge is 0.300 e. The van der Waals surface area contributed by atoms with E-state index in [1.807, 2.05) is 32.0 Å². The highest BCUT2D eigenvalue weighted by Crippen LogP contribution is 2.21. The van der Waals surface area contributed by atoms with Gasteiger partial charge in [-0.15, -0.1) is 0 Å². The second-order valence-corrected chi connectivity index (χ2v) is 5.03. The minimum absolute atomic E-state index is 0.00893. The molecule has 2 rings (SSSR count). The van der Waals surface area contributed by atoms with Gasteiger partial charge >= 0.3 is 0 Å². The summed E-state index contributed by atoms with van der Waals surface area (Å²) in [6.45, 7) is 11.0. The van der Waals surface area contributed by atoms with E-state index in [1.165, 1.54) is 19.5 Å². The van der Waals surface area contributed by atoms with Crippen LogP contribution in [0, 0.1) is 5.92 Å². The number of aromatic nitrogens is 1. The second kappa shape index (κ2) is 8.00. The van der Waals surface area contributed by atoms with Crippen LogP contribution in [0.25, 0.3) is 0 Å². The van der Waals surface area contributed by atoms with Gasteiger partial charge in [-0.25, -0.2) is 4.98 Å². The molecule has 1 aromatic rings. The van der Waals surface area contributed by atoms with Gasteiger partial charge in [-0.3, -0.25) is 9.69 Å². The third-order valence-corrected chi connectivity index (χ3v) is 3.60. The molecule has 0 aromatic carbocycles. The topological polar surface area (TPSA) is 36.4 Å². The molecule has 4 heteroatoms. The molecular formula is C16H27N3O. The molecule has 1 aliphatic heterocycles. The fourth-order valence-electron chi connectivity index (χ4n) is 2.20. The zero-order valence-corrected chi connectivity index (χ0v) is 13.4. The van der Waals surface area contributed by atoms with E-state index >= 15 is 0 Å². The predicted octanol–water partition coefficient (Wildman–Crippen LogP) is 2.93. The van der Waals surface area contributed by atoms with Crippen molar-refractivity contribution >= 4 is 11.7 Å². The van der Waals surface area contributed by atoms with Gasteiger partial charge in [0.15, 0.2) is 0 Å². The van der Waals surface area contributed by atoms with Crippen molar-refractivity contribution in [2.75, 3.05) is 25.0 Å². The standard InChI is InChI=1S/C14H21N3O.C2H6/c1-4-12-8-17(9-12)10-13-6-5-7-14(15-13)16(3)11(2)18;1-2/h5-7,12H,4,8-10H2,1-3H3;1-2H3. The van der Waals surface area contributed by atoms with Crippen LogP contribution in [-0.2, 0) is 11.3 Å². The molecule has 4 nitrogen and oxygen atoms in total. The smallest absolute Gasteiger partial charge is 0.224 e. The van der Waals surface area contributed by atoms with E-state index in [0.717, 1.165) is 24.0 Å². The summed E-state index contributed by atoms with van der Waals surface area (Å²) >= 11 is 0. The van der Waals surface area contributed by atoms with Crippen molar-refractivity contribution < 1.29 is 4.79 Å². The summed E-state index contributed by atoms with van der Waals surface area (Å²) in [6, 6.07) is 5.86. The maximum atomic E-state index is 11.3. The lowest BCUT2D eigenvalue weighted by Gasteiger charge is -2.38. The number of nitrogens with zero attached hydrogens (tertiary/aromatic N) is 3. The van der Waals surface area contributed by atoms with E-state index in [4.69, 9.17) is 0 Å². The Bertz CT molecular complexity index is 427. The van der Waals surface area contributed by atoms with Crippen molar-refractivity contribution in [3.8, 4) is 0 Å². The van der Waals surface area contributed by atoms with Gasteiger partial charge in [0.2, 0.25) is 5.91 Å². The maximum absolute atomic E-state index is 11.3. The third-order valence-electron chi connectivity index (χ3n) is 3.60. The molecule has 0 bridgehead atoms. The third kappa shape index (κ3) is 4.30. The van der Waals surface area contributed by atoms with Crippen LogP contribution in [0.1, 0.15) is 39.8 Å². The number of carbonyl (C=O) groups is 1. The molecule has 1 aliphatic rings. The molecule has 0 N–H and O–H groups in total. The molecule has 0 spiro atoms. The Hall–Kier alpha value is -1.42.